The van der Waals surface area contributed by atoms with Gasteiger partial charge in [-0.1, -0.05) is 36.4 Å². The van der Waals surface area contributed by atoms with Crippen molar-refractivity contribution in [1.29, 1.82) is 0 Å². The van der Waals surface area contributed by atoms with Gasteiger partial charge in [0.1, 0.15) is 0 Å². The van der Waals surface area contributed by atoms with Crippen molar-refractivity contribution in [2.24, 2.45) is 10.9 Å². The van der Waals surface area contributed by atoms with Crippen molar-refractivity contribution in [3.05, 3.63) is 48.0 Å². The fraction of sp³-hybridized carbons (Fsp3) is 0.100. The molecular formula is C10H12N2. The first-order valence-corrected chi connectivity index (χ1v) is 3.84. The number of hydrazone groups is 1. The van der Waals surface area contributed by atoms with Gasteiger partial charge in [0.15, 0.2) is 0 Å². The van der Waals surface area contributed by atoms with Crippen LogP contribution in [0.15, 0.2) is 47.6 Å². The van der Waals surface area contributed by atoms with Gasteiger partial charge in [-0.05, 0) is 13.0 Å². The van der Waals surface area contributed by atoms with E-state index in [2.05, 4.69) is 5.10 Å². The van der Waals surface area contributed by atoms with Crippen LogP contribution in [0.4, 0.5) is 0 Å². The van der Waals surface area contributed by atoms with Crippen LogP contribution in [-0.2, 0) is 0 Å². The maximum absolute atomic E-state index is 5.23. The summed E-state index contributed by atoms with van der Waals surface area (Å²) in [4.78, 5) is 0. The summed E-state index contributed by atoms with van der Waals surface area (Å²) in [6.07, 6.45) is 3.80. The Morgan fingerprint density at radius 3 is 2.50 bits per heavy atom. The fourth-order valence-electron chi connectivity index (χ4n) is 0.981. The van der Waals surface area contributed by atoms with Gasteiger partial charge in [0.2, 0.25) is 0 Å². The minimum Gasteiger partial charge on any atom is -0.323 e. The monoisotopic (exact) mass is 160 g/mol. The molecule has 0 saturated heterocycles. The molecule has 62 valence electrons. The van der Waals surface area contributed by atoms with Crippen molar-refractivity contribution >= 4 is 5.71 Å². The third-order valence-electron chi connectivity index (χ3n) is 1.53. The molecular weight excluding hydrogens is 148 g/mol. The summed E-state index contributed by atoms with van der Waals surface area (Å²) >= 11 is 0. The lowest BCUT2D eigenvalue weighted by atomic mass is 10.1. The predicted octanol–water partition coefficient (Wildman–Crippen LogP) is 1.93. The minimum atomic E-state index is 0.804. The van der Waals surface area contributed by atoms with Crippen molar-refractivity contribution in [2.75, 3.05) is 0 Å². The molecule has 0 radical (unpaired) electrons. The zero-order valence-electron chi connectivity index (χ0n) is 7.07. The maximum Gasteiger partial charge on any atom is 0.0895 e. The molecule has 1 aromatic rings. The molecule has 0 aromatic heterocycles. The molecule has 0 fully saturated rings. The number of nitrogens with zero attached hydrogens (tertiary/aromatic N) is 1. The third kappa shape index (κ3) is 1.95. The molecule has 0 saturated carbocycles. The lowest BCUT2D eigenvalue weighted by Crippen LogP contribution is -1.99. The van der Waals surface area contributed by atoms with Gasteiger partial charge < -0.3 is 5.84 Å². The van der Waals surface area contributed by atoms with Gasteiger partial charge >= 0.3 is 0 Å². The number of hydrogen-bond donors (Lipinski definition) is 1. The van der Waals surface area contributed by atoms with E-state index in [9.17, 15) is 0 Å². The molecule has 1 rings (SSSR count). The summed E-state index contributed by atoms with van der Waals surface area (Å²) < 4.78 is 0. The number of nitrogens with two attached hydrogens (primary N) is 1. The smallest absolute Gasteiger partial charge is 0.0895 e. The number of benzene rings is 1. The average Bonchev–Trinajstić information content (AvgIpc) is 2.15. The molecule has 0 aliphatic heterocycles. The second-order valence-corrected chi connectivity index (χ2v) is 2.38. The van der Waals surface area contributed by atoms with E-state index in [1.54, 1.807) is 0 Å². The number of allylic oxidation sites excluding steroid dienone is 2. The van der Waals surface area contributed by atoms with Crippen molar-refractivity contribution in [3.8, 4) is 0 Å². The van der Waals surface area contributed by atoms with Crippen molar-refractivity contribution in [1.82, 2.24) is 0 Å². The summed E-state index contributed by atoms with van der Waals surface area (Å²) in [5.41, 5.74) is 1.84. The highest BCUT2D eigenvalue weighted by Crippen LogP contribution is 2.01. The Labute approximate surface area is 72.4 Å². The Balaban J connectivity index is 2.97. The van der Waals surface area contributed by atoms with E-state index in [0.29, 0.717) is 0 Å². The second-order valence-electron chi connectivity index (χ2n) is 2.38. The quantitative estimate of drug-likeness (QED) is 0.400. The zero-order chi connectivity index (χ0) is 8.81. The van der Waals surface area contributed by atoms with Crippen LogP contribution in [0.1, 0.15) is 12.5 Å². The molecule has 0 aliphatic carbocycles. The summed E-state index contributed by atoms with van der Waals surface area (Å²) in [5.74, 6) is 5.23. The van der Waals surface area contributed by atoms with Crippen LogP contribution in [0.2, 0.25) is 0 Å². The maximum atomic E-state index is 5.23. The molecule has 0 aliphatic rings. The first kappa shape index (κ1) is 8.53. The predicted molar refractivity (Wildman–Crippen MR) is 52.0 cm³/mol. The summed E-state index contributed by atoms with van der Waals surface area (Å²) in [6, 6.07) is 9.85. The molecule has 0 amide bonds. The highest BCUT2D eigenvalue weighted by molar-refractivity contribution is 6.08. The van der Waals surface area contributed by atoms with Crippen molar-refractivity contribution in [3.63, 3.8) is 0 Å². The molecule has 0 atom stereocenters. The Bertz CT molecular complexity index is 286. The van der Waals surface area contributed by atoms with Crippen LogP contribution in [0.3, 0.4) is 0 Å². The summed E-state index contributed by atoms with van der Waals surface area (Å²) in [7, 11) is 0. The molecule has 1 aromatic carbocycles. The van der Waals surface area contributed by atoms with E-state index in [-0.39, 0.29) is 0 Å². The molecule has 0 spiro atoms. The van der Waals surface area contributed by atoms with E-state index in [1.165, 1.54) is 0 Å². The Morgan fingerprint density at radius 2 is 2.00 bits per heavy atom. The molecule has 2 N–H and O–H groups in total. The van der Waals surface area contributed by atoms with Gasteiger partial charge in [0.05, 0.1) is 5.71 Å². The van der Waals surface area contributed by atoms with Gasteiger partial charge in [0.25, 0.3) is 0 Å². The standard InChI is InChI=1S/C10H12N2/c1-2-6-10(12-11)9-7-4-3-5-8-9/h2-8H,11H2,1H3/b6-2-,12-10+. The lowest BCUT2D eigenvalue weighted by molar-refractivity contribution is 1.25. The largest absolute Gasteiger partial charge is 0.323 e. The third-order valence-corrected chi connectivity index (χ3v) is 1.53. The molecule has 0 bridgehead atoms. The van der Waals surface area contributed by atoms with Crippen LogP contribution >= 0.6 is 0 Å². The van der Waals surface area contributed by atoms with Gasteiger partial charge in [-0.25, -0.2) is 0 Å². The Kier molecular flexibility index (Phi) is 3.08. The van der Waals surface area contributed by atoms with Crippen molar-refractivity contribution in [2.45, 2.75) is 6.92 Å². The van der Waals surface area contributed by atoms with Crippen LogP contribution in [0, 0.1) is 0 Å². The van der Waals surface area contributed by atoms with Crippen LogP contribution in [-0.4, -0.2) is 5.71 Å². The Morgan fingerprint density at radius 1 is 1.33 bits per heavy atom. The van der Waals surface area contributed by atoms with E-state index < -0.39 is 0 Å². The first-order chi connectivity index (χ1) is 5.88. The number of hydrogen-bond acceptors (Lipinski definition) is 2. The van der Waals surface area contributed by atoms with Gasteiger partial charge in [-0.2, -0.15) is 5.10 Å². The minimum absolute atomic E-state index is 0.804. The normalized spacial score (nSPS) is 12.2. The van der Waals surface area contributed by atoms with E-state index >= 15 is 0 Å². The number of rotatable bonds is 2. The van der Waals surface area contributed by atoms with Gasteiger partial charge in [0, 0.05) is 5.56 Å². The van der Waals surface area contributed by atoms with Crippen LogP contribution < -0.4 is 5.84 Å². The molecule has 12 heavy (non-hydrogen) atoms. The highest BCUT2D eigenvalue weighted by atomic mass is 15.1. The van der Waals surface area contributed by atoms with Crippen LogP contribution in [0.5, 0.6) is 0 Å². The zero-order valence-corrected chi connectivity index (χ0v) is 7.07. The SMILES string of the molecule is C/C=C\C(=N/N)c1ccccc1. The van der Waals surface area contributed by atoms with E-state index in [4.69, 9.17) is 5.84 Å². The first-order valence-electron chi connectivity index (χ1n) is 3.84. The lowest BCUT2D eigenvalue weighted by Gasteiger charge is -1.97. The highest BCUT2D eigenvalue weighted by Gasteiger charge is 1.95. The fourth-order valence-corrected chi connectivity index (χ4v) is 0.981. The second kappa shape index (κ2) is 4.34. The van der Waals surface area contributed by atoms with Gasteiger partial charge in [-0.3, -0.25) is 0 Å². The molecule has 2 nitrogen and oxygen atoms in total. The molecule has 0 heterocycles. The summed E-state index contributed by atoms with van der Waals surface area (Å²) in [5, 5.41) is 3.68. The molecule has 0 unspecified atom stereocenters. The average molecular weight is 160 g/mol. The van der Waals surface area contributed by atoms with Gasteiger partial charge in [-0.15, -0.1) is 0 Å². The Hall–Kier alpha value is -1.57. The van der Waals surface area contributed by atoms with E-state index in [0.717, 1.165) is 11.3 Å². The van der Waals surface area contributed by atoms with E-state index in [1.807, 2.05) is 49.4 Å². The summed E-state index contributed by atoms with van der Waals surface area (Å²) in [6.45, 7) is 1.94. The topological polar surface area (TPSA) is 38.4 Å². The van der Waals surface area contributed by atoms with Crippen molar-refractivity contribution < 1.29 is 0 Å². The van der Waals surface area contributed by atoms with Crippen LogP contribution in [0.25, 0.3) is 0 Å². The molecule has 2 heteroatoms.